The molecule has 2 aromatic carbocycles. The minimum Gasteiger partial charge on any atom is -0.289 e. The number of carbonyl (C=O) groups excluding carboxylic acids is 1. The van der Waals surface area contributed by atoms with Gasteiger partial charge in [0, 0.05) is 17.1 Å². The second-order valence-electron chi connectivity index (χ2n) is 4.65. The maximum atomic E-state index is 12.5. The van der Waals surface area contributed by atoms with Crippen molar-refractivity contribution in [2.75, 3.05) is 0 Å². The predicted molar refractivity (Wildman–Crippen MR) is 73.6 cm³/mol. The molecule has 0 saturated heterocycles. The van der Waals surface area contributed by atoms with Crippen molar-refractivity contribution in [3.05, 3.63) is 77.4 Å². The van der Waals surface area contributed by atoms with E-state index in [2.05, 4.69) is 13.0 Å². The van der Waals surface area contributed by atoms with Crippen molar-refractivity contribution in [3.8, 4) is 0 Å². The van der Waals surface area contributed by atoms with Crippen molar-refractivity contribution in [1.82, 2.24) is 0 Å². The van der Waals surface area contributed by atoms with Crippen LogP contribution in [0.25, 0.3) is 5.57 Å². The SMILES string of the molecule is CC1C=C(c2ccccc2)C(=O)c2ccccc21. The van der Waals surface area contributed by atoms with Gasteiger partial charge in [0.2, 0.25) is 0 Å². The van der Waals surface area contributed by atoms with Crippen molar-refractivity contribution < 1.29 is 4.79 Å². The fourth-order valence-electron chi connectivity index (χ4n) is 2.51. The number of allylic oxidation sites excluding steroid dienone is 2. The predicted octanol–water partition coefficient (Wildman–Crippen LogP) is 4.07. The minimum atomic E-state index is 0.134. The molecule has 1 unspecified atom stereocenters. The minimum absolute atomic E-state index is 0.134. The quantitative estimate of drug-likeness (QED) is 0.727. The summed E-state index contributed by atoms with van der Waals surface area (Å²) >= 11 is 0. The lowest BCUT2D eigenvalue weighted by Crippen LogP contribution is -2.13. The third kappa shape index (κ3) is 1.68. The van der Waals surface area contributed by atoms with E-state index < -0.39 is 0 Å². The highest BCUT2D eigenvalue weighted by atomic mass is 16.1. The number of Topliss-reactive ketones (excluding diaryl/α,β-unsaturated/α-hetero) is 1. The van der Waals surface area contributed by atoms with Gasteiger partial charge in [0.1, 0.15) is 0 Å². The molecule has 1 aliphatic rings. The van der Waals surface area contributed by atoms with Crippen LogP contribution in [0, 0.1) is 0 Å². The molecule has 1 atom stereocenters. The number of rotatable bonds is 1. The molecular weight excluding hydrogens is 220 g/mol. The summed E-state index contributed by atoms with van der Waals surface area (Å²) in [5, 5.41) is 0. The van der Waals surface area contributed by atoms with Crippen molar-refractivity contribution in [1.29, 1.82) is 0 Å². The second-order valence-corrected chi connectivity index (χ2v) is 4.65. The van der Waals surface area contributed by atoms with E-state index >= 15 is 0 Å². The van der Waals surface area contributed by atoms with Crippen LogP contribution in [0.5, 0.6) is 0 Å². The van der Waals surface area contributed by atoms with Gasteiger partial charge in [0.25, 0.3) is 0 Å². The fourth-order valence-corrected chi connectivity index (χ4v) is 2.51. The summed E-state index contributed by atoms with van der Waals surface area (Å²) in [6.45, 7) is 2.13. The Hall–Kier alpha value is -2.15. The average molecular weight is 234 g/mol. The molecule has 18 heavy (non-hydrogen) atoms. The summed E-state index contributed by atoms with van der Waals surface area (Å²) in [6, 6.07) is 17.8. The Morgan fingerprint density at radius 1 is 0.889 bits per heavy atom. The zero-order valence-electron chi connectivity index (χ0n) is 10.3. The Labute approximate surface area is 107 Å². The standard InChI is InChI=1S/C17H14O/c1-12-11-16(13-7-3-2-4-8-13)17(18)15-10-6-5-9-14(12)15/h2-12H,1H3. The summed E-state index contributed by atoms with van der Waals surface area (Å²) in [6.07, 6.45) is 2.07. The van der Waals surface area contributed by atoms with Crippen LogP contribution in [0.3, 0.4) is 0 Å². The molecule has 0 radical (unpaired) electrons. The molecule has 1 nitrogen and oxygen atoms in total. The third-order valence-electron chi connectivity index (χ3n) is 3.44. The molecule has 0 spiro atoms. The van der Waals surface area contributed by atoms with Gasteiger partial charge in [-0.05, 0) is 11.1 Å². The van der Waals surface area contributed by atoms with Gasteiger partial charge in [-0.25, -0.2) is 0 Å². The van der Waals surface area contributed by atoms with Crippen LogP contribution < -0.4 is 0 Å². The van der Waals surface area contributed by atoms with Gasteiger partial charge in [-0.3, -0.25) is 4.79 Å². The Morgan fingerprint density at radius 3 is 2.33 bits per heavy atom. The van der Waals surface area contributed by atoms with Crippen LogP contribution in [0.2, 0.25) is 0 Å². The maximum absolute atomic E-state index is 12.5. The van der Waals surface area contributed by atoms with E-state index in [1.54, 1.807) is 0 Å². The van der Waals surface area contributed by atoms with Crippen LogP contribution in [-0.2, 0) is 0 Å². The maximum Gasteiger partial charge on any atom is 0.193 e. The van der Waals surface area contributed by atoms with Gasteiger partial charge in [-0.1, -0.05) is 67.6 Å². The van der Waals surface area contributed by atoms with Gasteiger partial charge < -0.3 is 0 Å². The van der Waals surface area contributed by atoms with Gasteiger partial charge in [0.15, 0.2) is 5.78 Å². The van der Waals surface area contributed by atoms with Crippen molar-refractivity contribution in [2.45, 2.75) is 12.8 Å². The Morgan fingerprint density at radius 2 is 1.56 bits per heavy atom. The molecule has 1 aliphatic carbocycles. The fraction of sp³-hybridized carbons (Fsp3) is 0.118. The van der Waals surface area contributed by atoms with Gasteiger partial charge in [-0.15, -0.1) is 0 Å². The number of ketones is 1. The number of fused-ring (bicyclic) bond motifs is 1. The van der Waals surface area contributed by atoms with Crippen LogP contribution in [0.15, 0.2) is 60.7 Å². The molecule has 1 heteroatoms. The zero-order valence-corrected chi connectivity index (χ0v) is 10.3. The van der Waals surface area contributed by atoms with E-state index in [1.165, 1.54) is 0 Å². The van der Waals surface area contributed by atoms with E-state index in [0.717, 1.165) is 22.3 Å². The summed E-state index contributed by atoms with van der Waals surface area (Å²) in [4.78, 5) is 12.5. The smallest absolute Gasteiger partial charge is 0.193 e. The van der Waals surface area contributed by atoms with Crippen LogP contribution in [0.4, 0.5) is 0 Å². The first kappa shape index (κ1) is 11.0. The number of hydrogen-bond donors (Lipinski definition) is 0. The van der Waals surface area contributed by atoms with E-state index in [0.29, 0.717) is 0 Å². The lowest BCUT2D eigenvalue weighted by molar-refractivity contribution is 0.105. The summed E-state index contributed by atoms with van der Waals surface area (Å²) in [5.74, 6) is 0.420. The van der Waals surface area contributed by atoms with Crippen molar-refractivity contribution in [3.63, 3.8) is 0 Å². The van der Waals surface area contributed by atoms with Gasteiger partial charge in [0.05, 0.1) is 0 Å². The lowest BCUT2D eigenvalue weighted by atomic mass is 9.82. The monoisotopic (exact) mass is 234 g/mol. The molecule has 88 valence electrons. The molecule has 0 aliphatic heterocycles. The second kappa shape index (κ2) is 4.26. The Kier molecular flexibility index (Phi) is 2.60. The first-order valence-corrected chi connectivity index (χ1v) is 6.18. The topological polar surface area (TPSA) is 17.1 Å². The van der Waals surface area contributed by atoms with Crippen molar-refractivity contribution in [2.24, 2.45) is 0 Å². The molecule has 0 N–H and O–H groups in total. The normalized spacial score (nSPS) is 18.2. The lowest BCUT2D eigenvalue weighted by Gasteiger charge is -2.21. The molecule has 3 rings (SSSR count). The van der Waals surface area contributed by atoms with Gasteiger partial charge in [-0.2, -0.15) is 0 Å². The van der Waals surface area contributed by atoms with E-state index in [1.807, 2.05) is 54.6 Å². The summed E-state index contributed by atoms with van der Waals surface area (Å²) in [5.41, 5.74) is 3.79. The van der Waals surface area contributed by atoms with Crippen molar-refractivity contribution >= 4 is 11.4 Å². The van der Waals surface area contributed by atoms with E-state index in [-0.39, 0.29) is 11.7 Å². The largest absolute Gasteiger partial charge is 0.289 e. The average Bonchev–Trinajstić information content (AvgIpc) is 2.44. The molecule has 0 fully saturated rings. The van der Waals surface area contributed by atoms with E-state index in [9.17, 15) is 4.79 Å². The first-order chi connectivity index (χ1) is 8.77. The summed E-state index contributed by atoms with van der Waals surface area (Å²) in [7, 11) is 0. The molecule has 0 bridgehead atoms. The molecule has 0 heterocycles. The van der Waals surface area contributed by atoms with Gasteiger partial charge >= 0.3 is 0 Å². The molecule has 0 aromatic heterocycles. The highest BCUT2D eigenvalue weighted by Crippen LogP contribution is 2.33. The van der Waals surface area contributed by atoms with Crippen LogP contribution in [0.1, 0.15) is 34.3 Å². The molecular formula is C17H14O. The molecule has 0 amide bonds. The third-order valence-corrected chi connectivity index (χ3v) is 3.44. The molecule has 0 saturated carbocycles. The first-order valence-electron chi connectivity index (χ1n) is 6.18. The Bertz CT molecular complexity index is 623. The highest BCUT2D eigenvalue weighted by Gasteiger charge is 2.24. The number of hydrogen-bond acceptors (Lipinski definition) is 1. The van der Waals surface area contributed by atoms with Crippen LogP contribution in [-0.4, -0.2) is 5.78 Å². The van der Waals surface area contributed by atoms with E-state index in [4.69, 9.17) is 0 Å². The molecule has 2 aromatic rings. The highest BCUT2D eigenvalue weighted by molar-refractivity contribution is 6.30. The zero-order chi connectivity index (χ0) is 12.5. The number of carbonyl (C=O) groups is 1. The van der Waals surface area contributed by atoms with Crippen LogP contribution >= 0.6 is 0 Å². The Balaban J connectivity index is 2.13. The number of benzene rings is 2. The summed E-state index contributed by atoms with van der Waals surface area (Å²) < 4.78 is 0.